The number of anilines is 4. The molecular weight excluding hydrogens is 653 g/mol. The van der Waals surface area contributed by atoms with E-state index in [2.05, 4.69) is 234 Å². The highest BCUT2D eigenvalue weighted by Crippen LogP contribution is 2.36. The topological polar surface area (TPSA) is 6.48 Å². The van der Waals surface area contributed by atoms with Gasteiger partial charge in [0, 0.05) is 35.1 Å². The number of hydrogen-bond donors (Lipinski definition) is 0. The summed E-state index contributed by atoms with van der Waals surface area (Å²) in [6.07, 6.45) is 4.51. The fraction of sp³-hybridized carbons (Fsp3) is 0.115. The molecule has 0 saturated carbocycles. The molecule has 0 aliphatic rings. The maximum atomic E-state index is 2.31. The summed E-state index contributed by atoms with van der Waals surface area (Å²) in [6, 6.07) is 61.3. The van der Waals surface area contributed by atoms with E-state index in [-0.39, 0.29) is 0 Å². The van der Waals surface area contributed by atoms with Crippen LogP contribution in [0.2, 0.25) is 0 Å². The second kappa shape index (κ2) is 16.1. The quantitative estimate of drug-likeness (QED) is 0.140. The van der Waals surface area contributed by atoms with Crippen molar-refractivity contribution in [2.24, 2.45) is 0 Å². The lowest BCUT2D eigenvalue weighted by atomic mass is 9.99. The fourth-order valence-corrected chi connectivity index (χ4v) is 7.14. The van der Waals surface area contributed by atoms with Crippen molar-refractivity contribution in [2.75, 3.05) is 9.80 Å². The molecule has 7 aromatic carbocycles. The molecule has 0 N–H and O–H groups in total. The average molecular weight is 701 g/mol. The zero-order valence-corrected chi connectivity index (χ0v) is 32.2. The summed E-state index contributed by atoms with van der Waals surface area (Å²) in [6.45, 7) is 13.0. The van der Waals surface area contributed by atoms with Gasteiger partial charge in [-0.25, -0.2) is 0 Å². The molecule has 0 bridgehead atoms. The predicted molar refractivity (Wildman–Crippen MR) is 234 cm³/mol. The first-order chi connectivity index (χ1) is 26.2. The Morgan fingerprint density at radius 1 is 0.370 bits per heavy atom. The Balaban J connectivity index is 1.14. The standard InChI is InChI=1S/C52H48N2/c1-37-17-31-51(39(3)33-37)53(35-41(5)43-13-9-7-10-14-43)49-27-23-47(24-28-49)45-19-21-46(22-20-45)48-25-29-50(30-26-48)54(52-32-18-38(2)34-40(52)4)36-42(6)44-15-11-8-12-16-44/h7-36H,1-6H3/b41-35-,42-36+. The van der Waals surface area contributed by atoms with Crippen LogP contribution in [0.5, 0.6) is 0 Å². The molecule has 0 fully saturated rings. The van der Waals surface area contributed by atoms with E-state index in [0.717, 1.165) is 11.4 Å². The smallest absolute Gasteiger partial charge is 0.0484 e. The SMILES string of the molecule is C/C(=C/N(c1ccc(-c2ccc(-c3ccc(N(/C=C(\C)c4ccccc4)c4ccc(C)cc4C)cc3)cc2)cc1)c1ccc(C)cc1C)c1ccccc1. The summed E-state index contributed by atoms with van der Waals surface area (Å²) in [4.78, 5) is 4.63. The number of rotatable bonds is 10. The van der Waals surface area contributed by atoms with Crippen LogP contribution in [-0.4, -0.2) is 0 Å². The van der Waals surface area contributed by atoms with Crippen LogP contribution in [-0.2, 0) is 0 Å². The van der Waals surface area contributed by atoms with E-state index < -0.39 is 0 Å². The molecule has 0 unspecified atom stereocenters. The first kappa shape index (κ1) is 36.0. The van der Waals surface area contributed by atoms with Gasteiger partial charge in [-0.3, -0.25) is 0 Å². The summed E-state index contributed by atoms with van der Waals surface area (Å²) in [5.41, 5.74) is 19.2. The third-order valence-corrected chi connectivity index (χ3v) is 10.2. The average Bonchev–Trinajstić information content (AvgIpc) is 3.20. The van der Waals surface area contributed by atoms with Crippen molar-refractivity contribution in [2.45, 2.75) is 41.5 Å². The third-order valence-electron chi connectivity index (χ3n) is 10.2. The van der Waals surface area contributed by atoms with Crippen molar-refractivity contribution in [1.82, 2.24) is 0 Å². The van der Waals surface area contributed by atoms with E-state index in [0.29, 0.717) is 0 Å². The summed E-state index contributed by atoms with van der Waals surface area (Å²) in [5.74, 6) is 0. The molecule has 0 aliphatic heterocycles. The van der Waals surface area contributed by atoms with Crippen LogP contribution in [0.4, 0.5) is 22.7 Å². The highest BCUT2D eigenvalue weighted by molar-refractivity contribution is 5.80. The highest BCUT2D eigenvalue weighted by atomic mass is 15.1. The van der Waals surface area contributed by atoms with Gasteiger partial charge in [0.05, 0.1) is 0 Å². The lowest BCUT2D eigenvalue weighted by Crippen LogP contribution is -2.11. The van der Waals surface area contributed by atoms with Gasteiger partial charge in [0.25, 0.3) is 0 Å². The summed E-state index contributed by atoms with van der Waals surface area (Å²) in [7, 11) is 0. The van der Waals surface area contributed by atoms with Crippen molar-refractivity contribution in [1.29, 1.82) is 0 Å². The van der Waals surface area contributed by atoms with Crippen LogP contribution >= 0.6 is 0 Å². The molecule has 0 spiro atoms. The van der Waals surface area contributed by atoms with Crippen molar-refractivity contribution in [3.8, 4) is 22.3 Å². The maximum absolute atomic E-state index is 2.31. The lowest BCUT2D eigenvalue weighted by molar-refractivity contribution is 1.23. The monoisotopic (exact) mass is 700 g/mol. The number of hydrogen-bond acceptors (Lipinski definition) is 2. The van der Waals surface area contributed by atoms with Crippen LogP contribution in [0.3, 0.4) is 0 Å². The van der Waals surface area contributed by atoms with Gasteiger partial charge in [-0.15, -0.1) is 0 Å². The Kier molecular flexibility index (Phi) is 10.7. The molecule has 0 saturated heterocycles. The van der Waals surface area contributed by atoms with Crippen LogP contribution in [0, 0.1) is 27.7 Å². The third kappa shape index (κ3) is 8.14. The Morgan fingerprint density at radius 2 is 0.685 bits per heavy atom. The van der Waals surface area contributed by atoms with Crippen LogP contribution < -0.4 is 9.80 Å². The molecule has 0 heterocycles. The molecule has 0 atom stereocenters. The summed E-state index contributed by atoms with van der Waals surface area (Å²) >= 11 is 0. The molecule has 2 heteroatoms. The number of allylic oxidation sites excluding steroid dienone is 2. The van der Waals surface area contributed by atoms with E-state index in [4.69, 9.17) is 0 Å². The molecular formula is C52H48N2. The molecule has 0 aromatic heterocycles. The van der Waals surface area contributed by atoms with Crippen LogP contribution in [0.1, 0.15) is 47.2 Å². The van der Waals surface area contributed by atoms with Gasteiger partial charge in [-0.1, -0.05) is 145 Å². The zero-order valence-electron chi connectivity index (χ0n) is 32.2. The van der Waals surface area contributed by atoms with E-state index >= 15 is 0 Å². The zero-order chi connectivity index (χ0) is 37.6. The first-order valence-electron chi connectivity index (χ1n) is 18.7. The van der Waals surface area contributed by atoms with Gasteiger partial charge in [0.15, 0.2) is 0 Å². The Morgan fingerprint density at radius 3 is 1.00 bits per heavy atom. The van der Waals surface area contributed by atoms with Gasteiger partial charge in [-0.2, -0.15) is 0 Å². The molecule has 266 valence electrons. The minimum atomic E-state index is 1.13. The molecule has 54 heavy (non-hydrogen) atoms. The van der Waals surface area contributed by atoms with E-state index in [1.807, 2.05) is 0 Å². The molecule has 0 amide bonds. The van der Waals surface area contributed by atoms with E-state index in [1.165, 1.54) is 78.2 Å². The van der Waals surface area contributed by atoms with Crippen molar-refractivity contribution in [3.05, 3.63) is 216 Å². The van der Waals surface area contributed by atoms with Crippen LogP contribution in [0.15, 0.2) is 182 Å². The minimum absolute atomic E-state index is 1.13. The highest BCUT2D eigenvalue weighted by Gasteiger charge is 2.14. The second-order valence-corrected chi connectivity index (χ2v) is 14.3. The number of aryl methyl sites for hydroxylation is 4. The van der Waals surface area contributed by atoms with Gasteiger partial charge >= 0.3 is 0 Å². The normalized spacial score (nSPS) is 11.7. The predicted octanol–water partition coefficient (Wildman–Crippen LogP) is 14.7. The fourth-order valence-electron chi connectivity index (χ4n) is 7.14. The van der Waals surface area contributed by atoms with Gasteiger partial charge in [0.2, 0.25) is 0 Å². The molecule has 0 aliphatic carbocycles. The largest absolute Gasteiger partial charge is 0.317 e. The van der Waals surface area contributed by atoms with E-state index in [9.17, 15) is 0 Å². The Bertz CT molecular complexity index is 2230. The first-order valence-corrected chi connectivity index (χ1v) is 18.7. The van der Waals surface area contributed by atoms with E-state index in [1.54, 1.807) is 0 Å². The van der Waals surface area contributed by atoms with Crippen molar-refractivity contribution in [3.63, 3.8) is 0 Å². The van der Waals surface area contributed by atoms with Gasteiger partial charge < -0.3 is 9.80 Å². The Labute approximate surface area is 322 Å². The number of nitrogens with zero attached hydrogens (tertiary/aromatic N) is 2. The molecule has 2 nitrogen and oxygen atoms in total. The van der Waals surface area contributed by atoms with Gasteiger partial charge in [0.1, 0.15) is 0 Å². The summed E-state index contributed by atoms with van der Waals surface area (Å²) < 4.78 is 0. The molecule has 0 radical (unpaired) electrons. The minimum Gasteiger partial charge on any atom is -0.317 e. The number of benzene rings is 7. The Hall–Kier alpha value is -6.38. The molecule has 7 aromatic rings. The molecule has 7 rings (SSSR count). The van der Waals surface area contributed by atoms with Crippen LogP contribution in [0.25, 0.3) is 33.4 Å². The lowest BCUT2D eigenvalue weighted by Gasteiger charge is -2.25. The van der Waals surface area contributed by atoms with Gasteiger partial charge in [-0.05, 0) is 134 Å². The summed E-state index contributed by atoms with van der Waals surface area (Å²) in [5, 5.41) is 0. The maximum Gasteiger partial charge on any atom is 0.0484 e. The van der Waals surface area contributed by atoms with Crippen molar-refractivity contribution >= 4 is 33.9 Å². The second-order valence-electron chi connectivity index (χ2n) is 14.3. The van der Waals surface area contributed by atoms with Crippen molar-refractivity contribution < 1.29 is 0 Å².